The highest BCUT2D eigenvalue weighted by Crippen LogP contribution is 2.15. The van der Waals surface area contributed by atoms with Crippen LogP contribution < -0.4 is 15.2 Å². The number of nitrogens with one attached hydrogen (secondary N) is 1. The number of carbonyl (C=O) groups is 2. The number of benzene rings is 2. The van der Waals surface area contributed by atoms with E-state index in [1.807, 2.05) is 0 Å². The Balaban J connectivity index is 1.94. The number of rotatable bonds is 6. The van der Waals surface area contributed by atoms with Crippen LogP contribution in [0.3, 0.4) is 0 Å². The van der Waals surface area contributed by atoms with Crippen molar-refractivity contribution in [3.8, 4) is 5.75 Å². The van der Waals surface area contributed by atoms with Crippen LogP contribution in [0.25, 0.3) is 0 Å². The van der Waals surface area contributed by atoms with Crippen LogP contribution in [0.5, 0.6) is 5.75 Å². The molecule has 0 aliphatic heterocycles. The largest absolute Gasteiger partial charge is 0.484 e. The van der Waals surface area contributed by atoms with Crippen LogP contribution in [-0.4, -0.2) is 32.0 Å². The van der Waals surface area contributed by atoms with Crippen molar-refractivity contribution in [1.29, 1.82) is 0 Å². The zero-order valence-corrected chi connectivity index (χ0v) is 13.1. The topological polar surface area (TPSA) is 136 Å². The van der Waals surface area contributed by atoms with Gasteiger partial charge in [-0.15, -0.1) is 0 Å². The Morgan fingerprint density at radius 1 is 1.12 bits per heavy atom. The van der Waals surface area contributed by atoms with Crippen molar-refractivity contribution in [3.63, 3.8) is 0 Å². The Kier molecular flexibility index (Phi) is 5.17. The molecule has 0 radical (unpaired) electrons. The van der Waals surface area contributed by atoms with Gasteiger partial charge in [-0.05, 0) is 42.5 Å². The monoisotopic (exact) mass is 350 g/mol. The number of anilines is 1. The molecule has 2 rings (SSSR count). The minimum atomic E-state index is -3.79. The van der Waals surface area contributed by atoms with Gasteiger partial charge < -0.3 is 15.2 Å². The van der Waals surface area contributed by atoms with Crippen molar-refractivity contribution in [2.45, 2.75) is 4.90 Å². The third-order valence-electron chi connectivity index (χ3n) is 2.92. The molecule has 0 heterocycles. The third-order valence-corrected chi connectivity index (χ3v) is 3.85. The number of ether oxygens (including phenoxy) is 1. The highest BCUT2D eigenvalue weighted by molar-refractivity contribution is 7.89. The van der Waals surface area contributed by atoms with Crippen LogP contribution in [0, 0.1) is 0 Å². The van der Waals surface area contributed by atoms with Gasteiger partial charge in [0.2, 0.25) is 10.0 Å². The van der Waals surface area contributed by atoms with Gasteiger partial charge in [-0.2, -0.15) is 0 Å². The summed E-state index contributed by atoms with van der Waals surface area (Å²) in [6.07, 6.45) is 0. The highest BCUT2D eigenvalue weighted by Gasteiger charge is 2.09. The maximum atomic E-state index is 11.8. The number of hydrogen-bond acceptors (Lipinski definition) is 5. The molecule has 0 bridgehead atoms. The predicted octanol–water partition coefficient (Wildman–Crippen LogP) is 1.05. The normalized spacial score (nSPS) is 10.9. The van der Waals surface area contributed by atoms with Crippen molar-refractivity contribution in [2.24, 2.45) is 5.14 Å². The summed E-state index contributed by atoms with van der Waals surface area (Å²) in [6.45, 7) is -0.333. The molecule has 0 aliphatic carbocycles. The predicted molar refractivity (Wildman–Crippen MR) is 85.3 cm³/mol. The molecule has 24 heavy (non-hydrogen) atoms. The van der Waals surface area contributed by atoms with Crippen LogP contribution >= 0.6 is 0 Å². The Morgan fingerprint density at radius 3 is 2.38 bits per heavy atom. The second-order valence-corrected chi connectivity index (χ2v) is 6.30. The van der Waals surface area contributed by atoms with Gasteiger partial charge in [-0.1, -0.05) is 6.07 Å². The maximum Gasteiger partial charge on any atom is 0.335 e. The Labute approximate surface area is 137 Å². The molecule has 9 heteroatoms. The standard InChI is InChI=1S/C15H14N2O6S/c16-24(21,22)13-6-4-11(5-7-13)17-14(18)9-23-12-3-1-2-10(8-12)15(19)20/h1-8H,9H2,(H,17,18)(H,19,20)(H2,16,21,22). The molecule has 0 unspecified atom stereocenters. The van der Waals surface area contributed by atoms with Crippen LogP contribution in [-0.2, 0) is 14.8 Å². The SMILES string of the molecule is NS(=O)(=O)c1ccc(NC(=O)COc2cccc(C(=O)O)c2)cc1. The summed E-state index contributed by atoms with van der Waals surface area (Å²) in [5, 5.41) is 16.4. The number of amides is 1. The van der Waals surface area contributed by atoms with Crippen molar-refractivity contribution in [2.75, 3.05) is 11.9 Å². The molecule has 8 nitrogen and oxygen atoms in total. The van der Waals surface area contributed by atoms with E-state index in [1.165, 1.54) is 48.5 Å². The van der Waals surface area contributed by atoms with Crippen molar-refractivity contribution >= 4 is 27.6 Å². The second-order valence-electron chi connectivity index (χ2n) is 4.74. The summed E-state index contributed by atoms with van der Waals surface area (Å²) >= 11 is 0. The van der Waals surface area contributed by atoms with Gasteiger partial charge in [0.05, 0.1) is 10.5 Å². The fourth-order valence-corrected chi connectivity index (χ4v) is 2.31. The molecule has 2 aromatic rings. The van der Waals surface area contributed by atoms with Crippen LogP contribution in [0.15, 0.2) is 53.4 Å². The molecule has 1 amide bonds. The van der Waals surface area contributed by atoms with Gasteiger partial charge in [-0.3, -0.25) is 4.79 Å². The van der Waals surface area contributed by atoms with Gasteiger partial charge in [-0.25, -0.2) is 18.4 Å². The molecule has 2 aromatic carbocycles. The first-order chi connectivity index (χ1) is 11.3. The number of nitrogens with two attached hydrogens (primary N) is 1. The number of carbonyl (C=O) groups excluding carboxylic acids is 1. The quantitative estimate of drug-likeness (QED) is 0.712. The van der Waals surface area contributed by atoms with Gasteiger partial charge in [0.1, 0.15) is 5.75 Å². The van der Waals surface area contributed by atoms with Gasteiger partial charge in [0.15, 0.2) is 6.61 Å². The zero-order chi connectivity index (χ0) is 17.7. The lowest BCUT2D eigenvalue weighted by Gasteiger charge is -2.08. The Morgan fingerprint density at radius 2 is 1.79 bits per heavy atom. The summed E-state index contributed by atoms with van der Waals surface area (Å²) in [7, 11) is -3.79. The van der Waals surface area contributed by atoms with E-state index in [4.69, 9.17) is 15.0 Å². The lowest BCUT2D eigenvalue weighted by atomic mass is 10.2. The molecule has 0 fully saturated rings. The van der Waals surface area contributed by atoms with Crippen LogP contribution in [0.1, 0.15) is 10.4 Å². The summed E-state index contributed by atoms with van der Waals surface area (Å²) in [5.74, 6) is -1.34. The van der Waals surface area contributed by atoms with Crippen LogP contribution in [0.2, 0.25) is 0 Å². The Hall–Kier alpha value is -2.91. The van der Waals surface area contributed by atoms with E-state index in [2.05, 4.69) is 5.32 Å². The molecule has 0 saturated heterocycles. The van der Waals surface area contributed by atoms with E-state index in [9.17, 15) is 18.0 Å². The van der Waals surface area contributed by atoms with E-state index in [0.29, 0.717) is 5.69 Å². The highest BCUT2D eigenvalue weighted by atomic mass is 32.2. The fourth-order valence-electron chi connectivity index (χ4n) is 1.79. The fraction of sp³-hybridized carbons (Fsp3) is 0.0667. The lowest BCUT2D eigenvalue weighted by Crippen LogP contribution is -2.20. The van der Waals surface area contributed by atoms with E-state index in [1.54, 1.807) is 0 Å². The first kappa shape index (κ1) is 17.4. The average Bonchev–Trinajstić information content (AvgIpc) is 2.53. The minimum absolute atomic E-state index is 0.0477. The van der Waals surface area contributed by atoms with E-state index in [0.717, 1.165) is 0 Å². The molecular formula is C15H14N2O6S. The third kappa shape index (κ3) is 4.80. The van der Waals surface area contributed by atoms with E-state index in [-0.39, 0.29) is 22.8 Å². The number of primary sulfonamides is 1. The molecule has 0 spiro atoms. The summed E-state index contributed by atoms with van der Waals surface area (Å²) in [6, 6.07) is 11.1. The summed E-state index contributed by atoms with van der Waals surface area (Å²) in [4.78, 5) is 22.6. The molecule has 0 atom stereocenters. The molecule has 4 N–H and O–H groups in total. The van der Waals surface area contributed by atoms with Gasteiger partial charge in [0, 0.05) is 5.69 Å². The molecular weight excluding hydrogens is 336 g/mol. The number of carboxylic acids is 1. The number of hydrogen-bond donors (Lipinski definition) is 3. The molecule has 0 saturated carbocycles. The summed E-state index contributed by atoms with van der Waals surface area (Å²) in [5.41, 5.74) is 0.418. The summed E-state index contributed by atoms with van der Waals surface area (Å²) < 4.78 is 27.5. The first-order valence-corrected chi connectivity index (χ1v) is 8.19. The van der Waals surface area contributed by atoms with Crippen LogP contribution in [0.4, 0.5) is 5.69 Å². The number of sulfonamides is 1. The first-order valence-electron chi connectivity index (χ1n) is 6.64. The van der Waals surface area contributed by atoms with Crippen molar-refractivity contribution in [1.82, 2.24) is 0 Å². The number of carboxylic acid groups (broad SMARTS) is 1. The van der Waals surface area contributed by atoms with Crippen molar-refractivity contribution < 1.29 is 27.9 Å². The number of aromatic carboxylic acids is 1. The van der Waals surface area contributed by atoms with E-state index < -0.39 is 21.9 Å². The average molecular weight is 350 g/mol. The van der Waals surface area contributed by atoms with Gasteiger partial charge in [0.25, 0.3) is 5.91 Å². The van der Waals surface area contributed by atoms with E-state index >= 15 is 0 Å². The van der Waals surface area contributed by atoms with Crippen molar-refractivity contribution in [3.05, 3.63) is 54.1 Å². The lowest BCUT2D eigenvalue weighted by molar-refractivity contribution is -0.118. The molecule has 0 aliphatic rings. The molecule has 126 valence electrons. The molecule has 0 aromatic heterocycles. The maximum absolute atomic E-state index is 11.8. The zero-order valence-electron chi connectivity index (χ0n) is 12.3. The smallest absolute Gasteiger partial charge is 0.335 e. The van der Waals surface area contributed by atoms with Gasteiger partial charge >= 0.3 is 5.97 Å². The minimum Gasteiger partial charge on any atom is -0.484 e. The Bertz CT molecular complexity index is 862. The second kappa shape index (κ2) is 7.11.